The molecule has 6 heteroatoms. The summed E-state index contributed by atoms with van der Waals surface area (Å²) in [5, 5.41) is 9.68. The summed E-state index contributed by atoms with van der Waals surface area (Å²) < 4.78 is 0. The number of hydrogen-bond acceptors (Lipinski definition) is 3. The van der Waals surface area contributed by atoms with Gasteiger partial charge in [0.2, 0.25) is 5.91 Å². The summed E-state index contributed by atoms with van der Waals surface area (Å²) in [6.45, 7) is 8.78. The molecule has 1 saturated heterocycles. The fourth-order valence-electron chi connectivity index (χ4n) is 2.78. The third-order valence-corrected chi connectivity index (χ3v) is 4.14. The van der Waals surface area contributed by atoms with Gasteiger partial charge in [-0.15, -0.1) is 0 Å². The van der Waals surface area contributed by atoms with Gasteiger partial charge >= 0.3 is 0 Å². The fourth-order valence-corrected chi connectivity index (χ4v) is 2.78. The van der Waals surface area contributed by atoms with Gasteiger partial charge in [0.05, 0.1) is 0 Å². The summed E-state index contributed by atoms with van der Waals surface area (Å²) in [5.41, 5.74) is 0. The third kappa shape index (κ3) is 6.22. The maximum absolute atomic E-state index is 11.7. The van der Waals surface area contributed by atoms with Gasteiger partial charge < -0.3 is 20.9 Å². The van der Waals surface area contributed by atoms with Crippen LogP contribution in [0.3, 0.4) is 0 Å². The van der Waals surface area contributed by atoms with Crippen LogP contribution < -0.4 is 16.0 Å². The van der Waals surface area contributed by atoms with Crippen molar-refractivity contribution >= 4 is 11.9 Å². The first-order valence-corrected chi connectivity index (χ1v) is 8.77. The van der Waals surface area contributed by atoms with Crippen molar-refractivity contribution in [3.8, 4) is 0 Å². The lowest BCUT2D eigenvalue weighted by molar-refractivity contribution is -0.119. The molecule has 2 aliphatic rings. The maximum Gasteiger partial charge on any atom is 0.242 e. The number of likely N-dealkylation sites (tertiary alicyclic amines) is 1. The average molecular weight is 309 g/mol. The Morgan fingerprint density at radius 3 is 2.36 bits per heavy atom. The van der Waals surface area contributed by atoms with Gasteiger partial charge in [0.25, 0.3) is 0 Å². The van der Waals surface area contributed by atoms with E-state index in [-0.39, 0.29) is 12.5 Å². The second-order valence-corrected chi connectivity index (χ2v) is 6.30. The first-order valence-electron chi connectivity index (χ1n) is 8.77. The van der Waals surface area contributed by atoms with Crippen LogP contribution >= 0.6 is 0 Å². The highest BCUT2D eigenvalue weighted by atomic mass is 16.2. The third-order valence-electron chi connectivity index (χ3n) is 4.14. The summed E-state index contributed by atoms with van der Waals surface area (Å²) in [4.78, 5) is 18.7. The Morgan fingerprint density at radius 1 is 1.09 bits per heavy atom. The molecular weight excluding hydrogens is 278 g/mol. The Kier molecular flexibility index (Phi) is 6.96. The van der Waals surface area contributed by atoms with E-state index in [1.807, 2.05) is 6.92 Å². The van der Waals surface area contributed by atoms with Gasteiger partial charge in [0.15, 0.2) is 5.96 Å². The smallest absolute Gasteiger partial charge is 0.242 e. The van der Waals surface area contributed by atoms with Crippen molar-refractivity contribution < 1.29 is 4.79 Å². The Morgan fingerprint density at radius 2 is 1.77 bits per heavy atom. The molecule has 126 valence electrons. The van der Waals surface area contributed by atoms with Crippen LogP contribution in [0, 0.1) is 0 Å². The highest BCUT2D eigenvalue weighted by molar-refractivity contribution is 5.85. The Hall–Kier alpha value is -1.30. The molecule has 0 aromatic carbocycles. The number of rotatable bonds is 7. The number of guanidine groups is 1. The fraction of sp³-hybridized carbons (Fsp3) is 0.875. The summed E-state index contributed by atoms with van der Waals surface area (Å²) in [7, 11) is 0. The number of amides is 1. The van der Waals surface area contributed by atoms with E-state index >= 15 is 0 Å². The second-order valence-electron chi connectivity index (χ2n) is 6.30. The summed E-state index contributed by atoms with van der Waals surface area (Å²) in [5.74, 6) is 0.792. The van der Waals surface area contributed by atoms with Crippen molar-refractivity contribution in [2.45, 2.75) is 58.0 Å². The number of carbonyl (C=O) groups excluding carboxylic acids is 1. The molecule has 1 heterocycles. The van der Waals surface area contributed by atoms with Crippen molar-refractivity contribution in [1.29, 1.82) is 0 Å². The van der Waals surface area contributed by atoms with Crippen LogP contribution in [-0.4, -0.2) is 61.6 Å². The largest absolute Gasteiger partial charge is 0.357 e. The predicted molar refractivity (Wildman–Crippen MR) is 90.0 cm³/mol. The Balaban J connectivity index is 1.74. The van der Waals surface area contributed by atoms with E-state index in [0.29, 0.717) is 12.1 Å². The zero-order valence-electron chi connectivity index (χ0n) is 14.0. The number of nitrogens with one attached hydrogen (secondary N) is 3. The van der Waals surface area contributed by atoms with Crippen LogP contribution in [0.25, 0.3) is 0 Å². The molecule has 0 aromatic heterocycles. The molecule has 2 fully saturated rings. The van der Waals surface area contributed by atoms with Gasteiger partial charge in [-0.3, -0.25) is 4.79 Å². The van der Waals surface area contributed by atoms with Crippen molar-refractivity contribution in [2.75, 3.05) is 32.7 Å². The standard InChI is InChI=1S/C16H31N5O/c1-3-9-21-10-7-14(8-11-21)20-16(17-4-2)18-12-15(22)19-13-5-6-13/h13-14H,3-12H2,1-2H3,(H,19,22)(H2,17,18,20). The first kappa shape index (κ1) is 17.1. The lowest BCUT2D eigenvalue weighted by Gasteiger charge is -2.32. The molecule has 0 radical (unpaired) electrons. The van der Waals surface area contributed by atoms with Gasteiger partial charge in [-0.1, -0.05) is 6.92 Å². The SMILES string of the molecule is CCCN1CCC(NC(=NCC(=O)NC2CC2)NCC)CC1. The molecule has 1 aliphatic carbocycles. The molecule has 0 aromatic rings. The molecule has 6 nitrogen and oxygen atoms in total. The van der Waals surface area contributed by atoms with Gasteiger partial charge in [-0.05, 0) is 45.6 Å². The lowest BCUT2D eigenvalue weighted by atomic mass is 10.1. The molecule has 0 spiro atoms. The highest BCUT2D eigenvalue weighted by Gasteiger charge is 2.23. The van der Waals surface area contributed by atoms with Crippen molar-refractivity contribution in [1.82, 2.24) is 20.9 Å². The number of hydrogen-bond donors (Lipinski definition) is 3. The van der Waals surface area contributed by atoms with E-state index in [2.05, 4.69) is 32.8 Å². The molecule has 2 rings (SSSR count). The molecule has 0 atom stereocenters. The van der Waals surface area contributed by atoms with Gasteiger partial charge in [0, 0.05) is 31.7 Å². The molecule has 3 N–H and O–H groups in total. The summed E-state index contributed by atoms with van der Waals surface area (Å²) in [6, 6.07) is 0.860. The van der Waals surface area contributed by atoms with E-state index in [0.717, 1.165) is 51.3 Å². The highest BCUT2D eigenvalue weighted by Crippen LogP contribution is 2.18. The molecule has 1 saturated carbocycles. The van der Waals surface area contributed by atoms with E-state index in [1.165, 1.54) is 13.0 Å². The number of nitrogens with zero attached hydrogens (tertiary/aromatic N) is 2. The molecular formula is C16H31N5O. The van der Waals surface area contributed by atoms with Gasteiger partial charge in [-0.25, -0.2) is 4.99 Å². The van der Waals surface area contributed by atoms with Crippen molar-refractivity contribution in [3.05, 3.63) is 0 Å². The quantitative estimate of drug-likeness (QED) is 0.478. The topological polar surface area (TPSA) is 68.8 Å². The average Bonchev–Trinajstić information content (AvgIpc) is 3.31. The van der Waals surface area contributed by atoms with Crippen molar-refractivity contribution in [2.24, 2.45) is 4.99 Å². The van der Waals surface area contributed by atoms with Crippen LogP contribution in [0.15, 0.2) is 4.99 Å². The second kappa shape index (κ2) is 8.98. The van der Waals surface area contributed by atoms with Crippen LogP contribution in [0.1, 0.15) is 46.0 Å². The monoisotopic (exact) mass is 309 g/mol. The van der Waals surface area contributed by atoms with Crippen LogP contribution in [0.2, 0.25) is 0 Å². The van der Waals surface area contributed by atoms with Crippen LogP contribution in [0.4, 0.5) is 0 Å². The van der Waals surface area contributed by atoms with Gasteiger partial charge in [-0.2, -0.15) is 0 Å². The van der Waals surface area contributed by atoms with Crippen LogP contribution in [0.5, 0.6) is 0 Å². The normalized spacial score (nSPS) is 20.7. The minimum absolute atomic E-state index is 0.0254. The van der Waals surface area contributed by atoms with Crippen molar-refractivity contribution in [3.63, 3.8) is 0 Å². The van der Waals surface area contributed by atoms with E-state index < -0.39 is 0 Å². The molecule has 1 amide bonds. The minimum Gasteiger partial charge on any atom is -0.357 e. The molecule has 0 bridgehead atoms. The summed E-state index contributed by atoms with van der Waals surface area (Å²) in [6.07, 6.45) is 5.73. The number of piperidine rings is 1. The number of carbonyl (C=O) groups is 1. The Bertz CT molecular complexity index is 373. The molecule has 0 unspecified atom stereocenters. The van der Waals surface area contributed by atoms with Crippen LogP contribution in [-0.2, 0) is 4.79 Å². The summed E-state index contributed by atoms with van der Waals surface area (Å²) >= 11 is 0. The number of aliphatic imine (C=N–C) groups is 1. The minimum atomic E-state index is 0.0254. The molecule has 1 aliphatic heterocycles. The lowest BCUT2D eigenvalue weighted by Crippen LogP contribution is -2.49. The predicted octanol–water partition coefficient (Wildman–Crippen LogP) is 0.695. The van der Waals surface area contributed by atoms with Gasteiger partial charge in [0.1, 0.15) is 6.54 Å². The zero-order chi connectivity index (χ0) is 15.8. The Labute approximate surface area is 134 Å². The maximum atomic E-state index is 11.7. The first-order chi connectivity index (χ1) is 10.7. The molecule has 22 heavy (non-hydrogen) atoms. The van der Waals surface area contributed by atoms with E-state index in [9.17, 15) is 4.79 Å². The van der Waals surface area contributed by atoms with E-state index in [1.54, 1.807) is 0 Å². The zero-order valence-corrected chi connectivity index (χ0v) is 14.0. The van der Waals surface area contributed by atoms with E-state index in [4.69, 9.17) is 0 Å².